The first-order valence-electron chi connectivity index (χ1n) is 6.31. The predicted molar refractivity (Wildman–Crippen MR) is 77.7 cm³/mol. The molecule has 0 spiro atoms. The van der Waals surface area contributed by atoms with Crippen LogP contribution in [0.25, 0.3) is 0 Å². The van der Waals surface area contributed by atoms with Gasteiger partial charge in [-0.15, -0.1) is 0 Å². The molecule has 0 saturated heterocycles. The molecule has 1 rings (SSSR count). The molecule has 1 unspecified atom stereocenters. The Hall–Kier alpha value is -1.07. The van der Waals surface area contributed by atoms with Gasteiger partial charge >= 0.3 is 0 Å². The number of nitrogen functional groups attached to an aromatic ring is 1. The summed E-state index contributed by atoms with van der Waals surface area (Å²) in [6, 6.07) is 7.13. The molecule has 0 fully saturated rings. The van der Waals surface area contributed by atoms with Crippen LogP contribution in [-0.4, -0.2) is 17.3 Å². The van der Waals surface area contributed by atoms with Crippen LogP contribution in [0.2, 0.25) is 0 Å². The van der Waals surface area contributed by atoms with E-state index in [1.165, 1.54) is 0 Å². The van der Waals surface area contributed by atoms with Gasteiger partial charge in [-0.05, 0) is 30.5 Å². The van der Waals surface area contributed by atoms with Crippen LogP contribution < -0.4 is 10.5 Å². The summed E-state index contributed by atoms with van der Waals surface area (Å²) in [5.74, 6) is 0.385. The third-order valence-electron chi connectivity index (χ3n) is 2.35. The summed E-state index contributed by atoms with van der Waals surface area (Å²) in [6.45, 7) is 7.40. The summed E-state index contributed by atoms with van der Waals surface area (Å²) < 4.78 is 20.3. The number of hydrogen-bond acceptors (Lipinski definition) is 3. The van der Waals surface area contributed by atoms with Crippen molar-refractivity contribution in [2.45, 2.75) is 32.1 Å². The van der Waals surface area contributed by atoms with E-state index >= 15 is 0 Å². The molecule has 1 aromatic carbocycles. The molecule has 0 bridgehead atoms. The van der Waals surface area contributed by atoms with E-state index in [1.54, 1.807) is 12.1 Å². The smallest absolute Gasteiger partial charge is 0.137 e. The molecule has 0 amide bonds. The lowest BCUT2D eigenvalue weighted by Gasteiger charge is -2.13. The van der Waals surface area contributed by atoms with Crippen LogP contribution in [0, 0.1) is 5.92 Å². The molecule has 1 aromatic rings. The molecule has 0 saturated carbocycles. The lowest BCUT2D eigenvalue weighted by Crippen LogP contribution is -2.25. The van der Waals surface area contributed by atoms with Gasteiger partial charge in [0.1, 0.15) is 9.92 Å². The summed E-state index contributed by atoms with van der Waals surface area (Å²) in [5, 5.41) is 0. The highest BCUT2D eigenvalue weighted by Gasteiger charge is 2.12. The van der Waals surface area contributed by atoms with Crippen LogP contribution in [0.3, 0.4) is 0 Å². The van der Waals surface area contributed by atoms with Crippen molar-refractivity contribution < 1.29 is 4.21 Å². The van der Waals surface area contributed by atoms with Crippen molar-refractivity contribution in [1.29, 1.82) is 0 Å². The zero-order valence-corrected chi connectivity index (χ0v) is 12.2. The summed E-state index contributed by atoms with van der Waals surface area (Å²) in [4.78, 5) is 0.664. The number of anilines is 1. The van der Waals surface area contributed by atoms with E-state index in [0.717, 1.165) is 6.42 Å². The number of hydrogen-bond donors (Lipinski definition) is 2. The van der Waals surface area contributed by atoms with Crippen LogP contribution in [0.4, 0.5) is 5.69 Å². The van der Waals surface area contributed by atoms with Gasteiger partial charge in [-0.3, -0.25) is 0 Å². The SMILES string of the molecule is CCCNS(=O)(=NCC(C)C)c1cccc(N)c1. The van der Waals surface area contributed by atoms with Crippen molar-refractivity contribution in [3.8, 4) is 0 Å². The van der Waals surface area contributed by atoms with Crippen LogP contribution >= 0.6 is 0 Å². The first-order chi connectivity index (χ1) is 8.48. The summed E-state index contributed by atoms with van der Waals surface area (Å²) in [6.07, 6.45) is 0.913. The number of rotatable bonds is 6. The Balaban J connectivity index is 3.11. The summed E-state index contributed by atoms with van der Waals surface area (Å²) in [7, 11) is -2.55. The maximum atomic E-state index is 12.9. The monoisotopic (exact) mass is 269 g/mol. The molecule has 0 heterocycles. The van der Waals surface area contributed by atoms with E-state index in [1.807, 2.05) is 19.1 Å². The topological polar surface area (TPSA) is 67.5 Å². The Kier molecular flexibility index (Phi) is 5.62. The van der Waals surface area contributed by atoms with Crippen molar-refractivity contribution in [2.75, 3.05) is 18.8 Å². The van der Waals surface area contributed by atoms with Gasteiger partial charge < -0.3 is 5.73 Å². The second kappa shape index (κ2) is 6.75. The maximum Gasteiger partial charge on any atom is 0.137 e. The second-order valence-electron chi connectivity index (χ2n) is 4.70. The number of nitrogens with one attached hydrogen (secondary N) is 1. The minimum atomic E-state index is -2.55. The van der Waals surface area contributed by atoms with E-state index in [0.29, 0.717) is 29.6 Å². The third-order valence-corrected chi connectivity index (χ3v) is 4.35. The molecule has 3 N–H and O–H groups in total. The molecule has 1 atom stereocenters. The van der Waals surface area contributed by atoms with Gasteiger partial charge in [-0.2, -0.15) is 0 Å². The van der Waals surface area contributed by atoms with Gasteiger partial charge in [0.2, 0.25) is 0 Å². The molecular weight excluding hydrogens is 246 g/mol. The highest BCUT2D eigenvalue weighted by Crippen LogP contribution is 2.15. The molecule has 0 aliphatic rings. The lowest BCUT2D eigenvalue weighted by atomic mass is 10.2. The fourth-order valence-electron chi connectivity index (χ4n) is 1.38. The van der Waals surface area contributed by atoms with Gasteiger partial charge in [0.05, 0.1) is 11.4 Å². The molecule has 0 radical (unpaired) electrons. The summed E-state index contributed by atoms with van der Waals surface area (Å²) >= 11 is 0. The van der Waals surface area contributed by atoms with E-state index in [9.17, 15) is 4.21 Å². The molecule has 0 aliphatic carbocycles. The van der Waals surface area contributed by atoms with Gasteiger partial charge in [-0.25, -0.2) is 13.3 Å². The fraction of sp³-hybridized carbons (Fsp3) is 0.538. The zero-order chi connectivity index (χ0) is 13.6. The second-order valence-corrected chi connectivity index (χ2v) is 6.77. The molecule has 0 aliphatic heterocycles. The van der Waals surface area contributed by atoms with Crippen molar-refractivity contribution in [3.63, 3.8) is 0 Å². The van der Waals surface area contributed by atoms with E-state index in [4.69, 9.17) is 5.73 Å². The average Bonchev–Trinajstić information content (AvgIpc) is 2.34. The molecular formula is C13H23N3OS. The van der Waals surface area contributed by atoms with E-state index in [2.05, 4.69) is 22.9 Å². The lowest BCUT2D eigenvalue weighted by molar-refractivity contribution is 0.639. The Bertz CT molecular complexity index is 491. The minimum Gasteiger partial charge on any atom is -0.399 e. The summed E-state index contributed by atoms with van der Waals surface area (Å²) in [5.41, 5.74) is 6.35. The number of benzene rings is 1. The van der Waals surface area contributed by atoms with Gasteiger partial charge in [0, 0.05) is 12.2 Å². The van der Waals surface area contributed by atoms with Gasteiger partial charge in [0.15, 0.2) is 0 Å². The molecule has 102 valence electrons. The Morgan fingerprint density at radius 2 is 2.17 bits per heavy atom. The first kappa shape index (κ1) is 15.0. The van der Waals surface area contributed by atoms with Crippen LogP contribution in [0.15, 0.2) is 33.5 Å². The standard InChI is InChI=1S/C13H23N3OS/c1-4-8-15-18(17,16-10-11(2)3)13-7-5-6-12(14)9-13/h5-7,9,11H,4,8,10,14H2,1-3H3,(H,15,16,17). The molecule has 18 heavy (non-hydrogen) atoms. The first-order valence-corrected chi connectivity index (χ1v) is 7.82. The van der Waals surface area contributed by atoms with Crippen LogP contribution in [0.5, 0.6) is 0 Å². The molecule has 4 nitrogen and oxygen atoms in total. The highest BCUT2D eigenvalue weighted by atomic mass is 32.2. The predicted octanol–water partition coefficient (Wildman–Crippen LogP) is 2.67. The van der Waals surface area contributed by atoms with Crippen LogP contribution in [0.1, 0.15) is 27.2 Å². The van der Waals surface area contributed by atoms with Crippen molar-refractivity contribution in [2.24, 2.45) is 10.3 Å². The van der Waals surface area contributed by atoms with Crippen molar-refractivity contribution >= 4 is 15.6 Å². The molecule has 0 aromatic heterocycles. The van der Waals surface area contributed by atoms with Crippen molar-refractivity contribution in [1.82, 2.24) is 4.72 Å². The number of nitrogens with two attached hydrogens (primary N) is 1. The minimum absolute atomic E-state index is 0.385. The highest BCUT2D eigenvalue weighted by molar-refractivity contribution is 7.91. The largest absolute Gasteiger partial charge is 0.399 e. The quantitative estimate of drug-likeness (QED) is 0.780. The maximum absolute atomic E-state index is 12.9. The van der Waals surface area contributed by atoms with Gasteiger partial charge in [-0.1, -0.05) is 26.8 Å². The Morgan fingerprint density at radius 3 is 2.72 bits per heavy atom. The zero-order valence-electron chi connectivity index (χ0n) is 11.3. The van der Waals surface area contributed by atoms with Crippen LogP contribution in [-0.2, 0) is 9.92 Å². The third kappa shape index (κ3) is 4.31. The van der Waals surface area contributed by atoms with Gasteiger partial charge in [0.25, 0.3) is 0 Å². The molecule has 5 heteroatoms. The average molecular weight is 269 g/mol. The van der Waals surface area contributed by atoms with Crippen molar-refractivity contribution in [3.05, 3.63) is 24.3 Å². The van der Waals surface area contributed by atoms with E-state index < -0.39 is 9.92 Å². The number of nitrogens with zero attached hydrogens (tertiary/aromatic N) is 1. The Morgan fingerprint density at radius 1 is 1.44 bits per heavy atom. The van der Waals surface area contributed by atoms with E-state index in [-0.39, 0.29) is 0 Å². The fourth-order valence-corrected chi connectivity index (χ4v) is 3.34. The Labute approximate surface area is 110 Å². The normalized spacial score (nSPS) is 14.4.